The Bertz CT molecular complexity index is 1670. The second-order valence-electron chi connectivity index (χ2n) is 12.5. The molecule has 1 aromatic heterocycles. The van der Waals surface area contributed by atoms with Crippen LogP contribution < -0.4 is 9.80 Å². The van der Waals surface area contributed by atoms with E-state index < -0.39 is 13.9 Å². The first-order valence-corrected chi connectivity index (χ1v) is 18.4. The summed E-state index contributed by atoms with van der Waals surface area (Å²) in [4.78, 5) is 41.7. The van der Waals surface area contributed by atoms with Crippen molar-refractivity contribution in [2.75, 3.05) is 16.4 Å². The molecule has 0 radical (unpaired) electrons. The van der Waals surface area contributed by atoms with Gasteiger partial charge >= 0.3 is 0 Å². The number of aliphatic hydroxyl groups excluding tert-OH is 1. The molecule has 6 rings (SSSR count). The maximum atomic E-state index is 14.7. The van der Waals surface area contributed by atoms with Gasteiger partial charge in [-0.15, -0.1) is 5.10 Å². The van der Waals surface area contributed by atoms with Crippen LogP contribution in [-0.4, -0.2) is 58.2 Å². The molecule has 3 heterocycles. The lowest BCUT2D eigenvalue weighted by atomic mass is 9.82. The van der Waals surface area contributed by atoms with E-state index in [0.717, 1.165) is 28.9 Å². The minimum Gasteiger partial charge on any atom is -0.432 e. The van der Waals surface area contributed by atoms with E-state index in [1.165, 1.54) is 0 Å². The van der Waals surface area contributed by atoms with Crippen molar-refractivity contribution in [3.63, 3.8) is 0 Å². The molecule has 2 aliphatic heterocycles. The van der Waals surface area contributed by atoms with E-state index in [-0.39, 0.29) is 30.1 Å². The normalized spacial score (nSPS) is 22.6. The van der Waals surface area contributed by atoms with Crippen LogP contribution in [0.15, 0.2) is 85.1 Å². The van der Waals surface area contributed by atoms with E-state index in [1.54, 1.807) is 14.5 Å². The van der Waals surface area contributed by atoms with Gasteiger partial charge < -0.3 is 19.5 Å². The van der Waals surface area contributed by atoms with Gasteiger partial charge in [-0.3, -0.25) is 19.2 Å². The molecule has 0 saturated carbocycles. The predicted octanol–water partition coefficient (Wildman–Crippen LogP) is 4.54. The van der Waals surface area contributed by atoms with Crippen LogP contribution in [-0.2, 0) is 39.4 Å². The van der Waals surface area contributed by atoms with Gasteiger partial charge in [0.05, 0.1) is 24.0 Å². The molecule has 0 aliphatic carbocycles. The Morgan fingerprint density at radius 2 is 1.78 bits per heavy atom. The standard InChI is InChI=1S/C34H39N5O5Si/c1-24-32(45(2,3)43)31(16-18-37-22-26(17-19-40)35-36-37)44-34(24)29-14-7-8-15-30(29)38(33(34)42)21-25-10-9-13-28(20-25)39(23-41)27-11-5-4-6-12-27/h4-15,20,22-24,31-32,40,43H,16-19,21H2,1-3H3/t24-,31+,32-,34+/m0/s1. The molecule has 4 atom stereocenters. The number of aliphatic hydroxyl groups is 1. The third-order valence-electron chi connectivity index (χ3n) is 9.16. The third-order valence-corrected chi connectivity index (χ3v) is 11.7. The number of hydrogen-bond acceptors (Lipinski definition) is 7. The first-order valence-electron chi connectivity index (χ1n) is 15.4. The highest BCUT2D eigenvalue weighted by Gasteiger charge is 2.66. The number of amides is 2. The topological polar surface area (TPSA) is 121 Å². The predicted molar refractivity (Wildman–Crippen MR) is 173 cm³/mol. The SMILES string of the molecule is C[C@H]1[C@H]([Si](C)(C)O)[C@@H](CCn2cc(CCO)nn2)O[C@]12C(=O)N(Cc1cccc(N(C=O)c3ccccc3)c1)c1ccccc12. The first-order chi connectivity index (χ1) is 21.7. The zero-order valence-electron chi connectivity index (χ0n) is 25.8. The maximum absolute atomic E-state index is 14.7. The van der Waals surface area contributed by atoms with Crippen molar-refractivity contribution in [1.29, 1.82) is 0 Å². The number of anilines is 3. The Balaban J connectivity index is 1.31. The van der Waals surface area contributed by atoms with Gasteiger partial charge in [0, 0.05) is 54.2 Å². The van der Waals surface area contributed by atoms with E-state index in [9.17, 15) is 19.5 Å². The van der Waals surface area contributed by atoms with Gasteiger partial charge in [-0.2, -0.15) is 0 Å². The van der Waals surface area contributed by atoms with Crippen molar-refractivity contribution in [3.05, 3.63) is 102 Å². The zero-order chi connectivity index (χ0) is 31.8. The van der Waals surface area contributed by atoms with Crippen molar-refractivity contribution in [2.45, 2.75) is 63.2 Å². The van der Waals surface area contributed by atoms with Gasteiger partial charge in [0.25, 0.3) is 5.91 Å². The summed E-state index contributed by atoms with van der Waals surface area (Å²) in [5, 5.41) is 17.6. The number of ether oxygens (including phenoxy) is 1. The molecule has 1 spiro atoms. The molecule has 1 saturated heterocycles. The summed E-state index contributed by atoms with van der Waals surface area (Å²) in [7, 11) is -2.81. The zero-order valence-corrected chi connectivity index (χ0v) is 26.8. The molecule has 0 bridgehead atoms. The van der Waals surface area contributed by atoms with E-state index >= 15 is 0 Å². The highest BCUT2D eigenvalue weighted by atomic mass is 28.4. The summed E-state index contributed by atoms with van der Waals surface area (Å²) in [5.74, 6) is -0.419. The molecule has 4 aromatic rings. The van der Waals surface area contributed by atoms with Gasteiger partial charge in [0.15, 0.2) is 13.9 Å². The summed E-state index contributed by atoms with van der Waals surface area (Å²) in [6.45, 7) is 6.67. The summed E-state index contributed by atoms with van der Waals surface area (Å²) in [6, 6.07) is 24.8. The quantitative estimate of drug-likeness (QED) is 0.185. The van der Waals surface area contributed by atoms with Crippen LogP contribution in [0.2, 0.25) is 18.6 Å². The minimum atomic E-state index is -2.81. The summed E-state index contributed by atoms with van der Waals surface area (Å²) in [5.41, 5.74) is 3.20. The first kappa shape index (κ1) is 30.8. The summed E-state index contributed by atoms with van der Waals surface area (Å²) >= 11 is 0. The van der Waals surface area contributed by atoms with Crippen LogP contribution in [0.3, 0.4) is 0 Å². The van der Waals surface area contributed by atoms with E-state index in [4.69, 9.17) is 4.74 Å². The van der Waals surface area contributed by atoms with Crippen LogP contribution in [0.1, 0.15) is 30.2 Å². The average Bonchev–Trinajstić information content (AvgIpc) is 3.67. The van der Waals surface area contributed by atoms with Crippen molar-refractivity contribution < 1.29 is 24.2 Å². The highest BCUT2D eigenvalue weighted by Crippen LogP contribution is 2.59. The number of fused-ring (bicyclic) bond motifs is 2. The maximum Gasteiger partial charge on any atom is 0.264 e. The fourth-order valence-electron chi connectivity index (χ4n) is 7.24. The fraction of sp³-hybridized carbons (Fsp3) is 0.353. The number of hydrogen-bond donors (Lipinski definition) is 2. The number of carbonyl (C=O) groups is 2. The van der Waals surface area contributed by atoms with Gasteiger partial charge in [0.1, 0.15) is 0 Å². The Morgan fingerprint density at radius 1 is 1.04 bits per heavy atom. The molecule has 2 amide bonds. The van der Waals surface area contributed by atoms with E-state index in [2.05, 4.69) is 10.3 Å². The monoisotopic (exact) mass is 625 g/mol. The van der Waals surface area contributed by atoms with Crippen LogP contribution >= 0.6 is 0 Å². The number of nitrogens with zero attached hydrogens (tertiary/aromatic N) is 5. The number of benzene rings is 3. The largest absolute Gasteiger partial charge is 0.432 e. The molecule has 11 heteroatoms. The number of rotatable bonds is 11. The van der Waals surface area contributed by atoms with Crippen molar-refractivity contribution in [1.82, 2.24) is 15.0 Å². The number of para-hydroxylation sites is 2. The third kappa shape index (κ3) is 5.61. The molecule has 3 aromatic carbocycles. The number of carbonyl (C=O) groups excluding carboxylic acids is 2. The van der Waals surface area contributed by atoms with Gasteiger partial charge in [-0.25, -0.2) is 0 Å². The molecule has 10 nitrogen and oxygen atoms in total. The van der Waals surface area contributed by atoms with E-state index in [0.29, 0.717) is 37.3 Å². The Kier molecular flexibility index (Phi) is 8.44. The molecule has 2 aliphatic rings. The smallest absolute Gasteiger partial charge is 0.264 e. The minimum absolute atomic E-state index is 0.00151. The van der Waals surface area contributed by atoms with Crippen molar-refractivity contribution >= 4 is 37.7 Å². The molecule has 234 valence electrons. The second kappa shape index (κ2) is 12.3. The number of aryl methyl sites for hydroxylation is 1. The average molecular weight is 626 g/mol. The number of aromatic nitrogens is 3. The van der Waals surface area contributed by atoms with E-state index in [1.807, 2.05) is 105 Å². The van der Waals surface area contributed by atoms with Crippen LogP contribution in [0.25, 0.3) is 0 Å². The fourth-order valence-corrected chi connectivity index (χ4v) is 9.84. The summed E-state index contributed by atoms with van der Waals surface area (Å²) < 4.78 is 8.64. The Morgan fingerprint density at radius 3 is 2.51 bits per heavy atom. The molecular formula is C34H39N5O5Si. The van der Waals surface area contributed by atoms with Gasteiger partial charge in [0.2, 0.25) is 6.41 Å². The van der Waals surface area contributed by atoms with Gasteiger partial charge in [-0.05, 0) is 55.4 Å². The molecule has 45 heavy (non-hydrogen) atoms. The Labute approximate surface area is 264 Å². The molecule has 0 unspecified atom stereocenters. The van der Waals surface area contributed by atoms with Crippen LogP contribution in [0.4, 0.5) is 17.1 Å². The Hall–Kier alpha value is -4.16. The second-order valence-corrected chi connectivity index (χ2v) is 16.5. The highest BCUT2D eigenvalue weighted by molar-refractivity contribution is 6.71. The molecular weight excluding hydrogens is 586 g/mol. The lowest BCUT2D eigenvalue weighted by Gasteiger charge is -2.32. The lowest BCUT2D eigenvalue weighted by molar-refractivity contribution is -0.146. The lowest BCUT2D eigenvalue weighted by Crippen LogP contribution is -2.46. The molecule has 2 N–H and O–H groups in total. The van der Waals surface area contributed by atoms with Crippen molar-refractivity contribution in [2.24, 2.45) is 5.92 Å². The summed E-state index contributed by atoms with van der Waals surface area (Å²) in [6.07, 6.45) is 3.22. The van der Waals surface area contributed by atoms with Crippen LogP contribution in [0.5, 0.6) is 0 Å². The molecule has 1 fully saturated rings. The van der Waals surface area contributed by atoms with Crippen molar-refractivity contribution in [3.8, 4) is 0 Å². The van der Waals surface area contributed by atoms with Gasteiger partial charge in [-0.1, -0.05) is 60.7 Å². The van der Waals surface area contributed by atoms with Crippen LogP contribution in [0, 0.1) is 5.92 Å².